The van der Waals surface area contributed by atoms with Gasteiger partial charge in [-0.2, -0.15) is 0 Å². The van der Waals surface area contributed by atoms with Crippen LogP contribution in [0.4, 0.5) is 10.5 Å². The fourth-order valence-corrected chi connectivity index (χ4v) is 4.50. The maximum absolute atomic E-state index is 12.9. The van der Waals surface area contributed by atoms with Crippen LogP contribution < -0.4 is 10.6 Å². The van der Waals surface area contributed by atoms with Crippen molar-refractivity contribution in [2.45, 2.75) is 38.6 Å². The Morgan fingerprint density at radius 2 is 1.60 bits per heavy atom. The average Bonchev–Trinajstić information content (AvgIpc) is 3.17. The SMILES string of the molecule is CCC[C@H](NC(=O)OCC1c2ccccc2-c2ccccc21)C(=O)Nc1ccc(C)c(C(=O)O)c1. The Morgan fingerprint density at radius 1 is 0.971 bits per heavy atom. The molecule has 35 heavy (non-hydrogen) atoms. The van der Waals surface area contributed by atoms with Crippen LogP contribution in [0.2, 0.25) is 0 Å². The van der Waals surface area contributed by atoms with E-state index in [0.29, 0.717) is 24.1 Å². The monoisotopic (exact) mass is 472 g/mol. The van der Waals surface area contributed by atoms with Gasteiger partial charge in [-0.25, -0.2) is 9.59 Å². The normalized spacial score (nSPS) is 12.9. The average molecular weight is 473 g/mol. The van der Waals surface area contributed by atoms with Gasteiger partial charge in [0.1, 0.15) is 12.6 Å². The van der Waals surface area contributed by atoms with E-state index in [4.69, 9.17) is 4.74 Å². The number of aryl methyl sites for hydroxylation is 1. The summed E-state index contributed by atoms with van der Waals surface area (Å²) < 4.78 is 5.58. The molecule has 0 spiro atoms. The number of alkyl carbamates (subject to hydrolysis) is 1. The Balaban J connectivity index is 1.41. The Kier molecular flexibility index (Phi) is 7.15. The van der Waals surface area contributed by atoms with E-state index in [-0.39, 0.29) is 18.1 Å². The molecule has 0 radical (unpaired) electrons. The molecular weight excluding hydrogens is 444 g/mol. The second-order valence-corrected chi connectivity index (χ2v) is 8.64. The zero-order valence-corrected chi connectivity index (χ0v) is 19.7. The number of ether oxygens (including phenoxy) is 1. The molecule has 180 valence electrons. The number of anilines is 1. The van der Waals surface area contributed by atoms with Crippen molar-refractivity contribution in [2.24, 2.45) is 0 Å². The van der Waals surface area contributed by atoms with Crippen LogP contribution >= 0.6 is 0 Å². The van der Waals surface area contributed by atoms with Crippen LogP contribution in [-0.4, -0.2) is 35.7 Å². The summed E-state index contributed by atoms with van der Waals surface area (Å²) in [5.41, 5.74) is 5.56. The minimum Gasteiger partial charge on any atom is -0.478 e. The fourth-order valence-electron chi connectivity index (χ4n) is 4.50. The molecule has 7 heteroatoms. The number of benzene rings is 3. The molecule has 0 unspecified atom stereocenters. The van der Waals surface area contributed by atoms with Gasteiger partial charge in [-0.05, 0) is 53.3 Å². The number of hydrogen-bond acceptors (Lipinski definition) is 4. The lowest BCUT2D eigenvalue weighted by Gasteiger charge is -2.19. The number of amides is 2. The van der Waals surface area contributed by atoms with Crippen LogP contribution in [0.15, 0.2) is 66.7 Å². The molecule has 0 aromatic heterocycles. The summed E-state index contributed by atoms with van der Waals surface area (Å²) in [6, 6.07) is 20.0. The number of carbonyl (C=O) groups excluding carboxylic acids is 2. The topological polar surface area (TPSA) is 105 Å². The minimum absolute atomic E-state index is 0.0754. The summed E-state index contributed by atoms with van der Waals surface area (Å²) in [7, 11) is 0. The third-order valence-electron chi connectivity index (χ3n) is 6.27. The predicted octanol–water partition coefficient (Wildman–Crippen LogP) is 5.34. The van der Waals surface area contributed by atoms with E-state index in [1.54, 1.807) is 19.1 Å². The molecule has 0 bridgehead atoms. The molecule has 1 aliphatic rings. The van der Waals surface area contributed by atoms with E-state index in [2.05, 4.69) is 22.8 Å². The number of nitrogens with one attached hydrogen (secondary N) is 2. The van der Waals surface area contributed by atoms with Gasteiger partial charge in [0.2, 0.25) is 5.91 Å². The number of carboxylic acids is 1. The van der Waals surface area contributed by atoms with Crippen molar-refractivity contribution in [3.05, 3.63) is 89.0 Å². The number of aromatic carboxylic acids is 1. The van der Waals surface area contributed by atoms with E-state index < -0.39 is 24.0 Å². The summed E-state index contributed by atoms with van der Waals surface area (Å²) >= 11 is 0. The first kappa shape index (κ1) is 24.0. The van der Waals surface area contributed by atoms with Crippen LogP contribution in [0.25, 0.3) is 11.1 Å². The van der Waals surface area contributed by atoms with Crippen molar-refractivity contribution in [3.8, 4) is 11.1 Å². The molecule has 7 nitrogen and oxygen atoms in total. The van der Waals surface area contributed by atoms with Crippen LogP contribution in [0.3, 0.4) is 0 Å². The van der Waals surface area contributed by atoms with Gasteiger partial charge < -0.3 is 20.5 Å². The van der Waals surface area contributed by atoms with Crippen LogP contribution in [0, 0.1) is 6.92 Å². The van der Waals surface area contributed by atoms with Crippen molar-refractivity contribution in [2.75, 3.05) is 11.9 Å². The predicted molar refractivity (Wildman–Crippen MR) is 134 cm³/mol. The summed E-state index contributed by atoms with van der Waals surface area (Å²) in [5.74, 6) is -1.57. The highest BCUT2D eigenvalue weighted by atomic mass is 16.5. The van der Waals surface area contributed by atoms with E-state index >= 15 is 0 Å². The first-order chi connectivity index (χ1) is 16.9. The Hall–Kier alpha value is -4.13. The molecule has 1 atom stereocenters. The minimum atomic E-state index is -1.07. The van der Waals surface area contributed by atoms with E-state index in [1.807, 2.05) is 43.3 Å². The zero-order valence-electron chi connectivity index (χ0n) is 19.7. The zero-order chi connectivity index (χ0) is 24.9. The van der Waals surface area contributed by atoms with Gasteiger partial charge in [0.25, 0.3) is 0 Å². The van der Waals surface area contributed by atoms with Gasteiger partial charge in [0.05, 0.1) is 5.56 Å². The third kappa shape index (κ3) is 5.19. The van der Waals surface area contributed by atoms with Crippen molar-refractivity contribution >= 4 is 23.7 Å². The van der Waals surface area contributed by atoms with E-state index in [9.17, 15) is 19.5 Å². The highest BCUT2D eigenvalue weighted by molar-refractivity contribution is 5.98. The van der Waals surface area contributed by atoms with Crippen molar-refractivity contribution in [1.82, 2.24) is 5.32 Å². The molecule has 0 saturated heterocycles. The highest BCUT2D eigenvalue weighted by Crippen LogP contribution is 2.44. The van der Waals surface area contributed by atoms with E-state index in [1.165, 1.54) is 6.07 Å². The molecular formula is C28H28N2O5. The Morgan fingerprint density at radius 3 is 2.20 bits per heavy atom. The summed E-state index contributed by atoms with van der Waals surface area (Å²) in [5, 5.41) is 14.7. The van der Waals surface area contributed by atoms with Gasteiger partial charge in [-0.3, -0.25) is 4.79 Å². The molecule has 0 fully saturated rings. The standard InChI is InChI=1S/C28H28N2O5/c1-3-8-25(26(31)29-18-14-13-17(2)23(15-18)27(32)33)30-28(34)35-16-24-21-11-6-4-9-19(21)20-10-5-7-12-22(20)24/h4-7,9-15,24-25H,3,8,16H2,1-2H3,(H,29,31)(H,30,34)(H,32,33)/t25-/m0/s1. The summed E-state index contributed by atoms with van der Waals surface area (Å²) in [4.78, 5) is 36.9. The second-order valence-electron chi connectivity index (χ2n) is 8.64. The first-order valence-corrected chi connectivity index (χ1v) is 11.6. The lowest BCUT2D eigenvalue weighted by Crippen LogP contribution is -2.44. The number of rotatable bonds is 8. The first-order valence-electron chi connectivity index (χ1n) is 11.6. The molecule has 0 saturated carbocycles. The van der Waals surface area contributed by atoms with Crippen molar-refractivity contribution < 1.29 is 24.2 Å². The van der Waals surface area contributed by atoms with Gasteiger partial charge in [-0.15, -0.1) is 0 Å². The Labute approximate surface area is 204 Å². The summed E-state index contributed by atoms with van der Waals surface area (Å²) in [6.07, 6.45) is 0.402. The molecule has 4 rings (SSSR count). The van der Waals surface area contributed by atoms with Gasteiger partial charge in [-0.1, -0.05) is 67.9 Å². The van der Waals surface area contributed by atoms with Crippen LogP contribution in [0.1, 0.15) is 52.7 Å². The highest BCUT2D eigenvalue weighted by Gasteiger charge is 2.29. The van der Waals surface area contributed by atoms with Gasteiger partial charge >= 0.3 is 12.1 Å². The van der Waals surface area contributed by atoms with Crippen molar-refractivity contribution in [1.29, 1.82) is 0 Å². The van der Waals surface area contributed by atoms with Crippen LogP contribution in [-0.2, 0) is 9.53 Å². The Bertz CT molecular complexity index is 1220. The smallest absolute Gasteiger partial charge is 0.407 e. The number of fused-ring (bicyclic) bond motifs is 3. The van der Waals surface area contributed by atoms with Gasteiger partial charge in [0, 0.05) is 11.6 Å². The van der Waals surface area contributed by atoms with Gasteiger partial charge in [0.15, 0.2) is 0 Å². The summed E-state index contributed by atoms with van der Waals surface area (Å²) in [6.45, 7) is 3.75. The number of hydrogen-bond donors (Lipinski definition) is 3. The molecule has 3 aromatic rings. The quantitative estimate of drug-likeness (QED) is 0.411. The third-order valence-corrected chi connectivity index (χ3v) is 6.27. The molecule has 0 heterocycles. The second kappa shape index (κ2) is 10.4. The maximum Gasteiger partial charge on any atom is 0.407 e. The molecule has 3 aromatic carbocycles. The molecule has 3 N–H and O–H groups in total. The largest absolute Gasteiger partial charge is 0.478 e. The lowest BCUT2D eigenvalue weighted by atomic mass is 9.98. The molecule has 0 aliphatic heterocycles. The molecule has 2 amide bonds. The number of carboxylic acid groups (broad SMARTS) is 1. The van der Waals surface area contributed by atoms with Crippen LogP contribution in [0.5, 0.6) is 0 Å². The fraction of sp³-hybridized carbons (Fsp3) is 0.250. The maximum atomic E-state index is 12.9. The van der Waals surface area contributed by atoms with E-state index in [0.717, 1.165) is 22.3 Å². The van der Waals surface area contributed by atoms with Crippen molar-refractivity contribution in [3.63, 3.8) is 0 Å². The number of carbonyl (C=O) groups is 3. The molecule has 1 aliphatic carbocycles. The lowest BCUT2D eigenvalue weighted by molar-refractivity contribution is -0.118.